The summed E-state index contributed by atoms with van der Waals surface area (Å²) in [7, 11) is 0. The van der Waals surface area contributed by atoms with Crippen LogP contribution in [0.5, 0.6) is 0 Å². The molecule has 6 nitrogen and oxygen atoms in total. The van der Waals surface area contributed by atoms with E-state index in [-0.39, 0.29) is 41.2 Å². The van der Waals surface area contributed by atoms with E-state index in [4.69, 9.17) is 12.2 Å². The summed E-state index contributed by atoms with van der Waals surface area (Å²) in [6, 6.07) is 18.5. The van der Waals surface area contributed by atoms with E-state index in [0.717, 1.165) is 22.9 Å². The van der Waals surface area contributed by atoms with Crippen LogP contribution in [0.1, 0.15) is 22.3 Å². The summed E-state index contributed by atoms with van der Waals surface area (Å²) in [4.78, 5) is 42.9. The molecule has 2 aliphatic heterocycles. The number of fused-ring (bicyclic) bond motifs is 1. The van der Waals surface area contributed by atoms with Crippen molar-refractivity contribution in [1.29, 1.82) is 0 Å². The minimum Gasteiger partial charge on any atom is -0.325 e. The van der Waals surface area contributed by atoms with Crippen molar-refractivity contribution < 1.29 is 18.8 Å². The third-order valence-electron chi connectivity index (χ3n) is 6.35. The molecule has 2 aliphatic rings. The molecule has 0 aromatic heterocycles. The van der Waals surface area contributed by atoms with E-state index in [1.54, 1.807) is 36.4 Å². The van der Waals surface area contributed by atoms with Crippen LogP contribution in [0.15, 0.2) is 71.6 Å². The fourth-order valence-corrected chi connectivity index (χ4v) is 5.60. The summed E-state index contributed by atoms with van der Waals surface area (Å²) in [5.74, 6) is -1.54. The number of anilines is 2. The first-order valence-electron chi connectivity index (χ1n) is 11.5. The van der Waals surface area contributed by atoms with E-state index in [9.17, 15) is 18.8 Å². The van der Waals surface area contributed by atoms with Crippen molar-refractivity contribution in [3.63, 3.8) is 0 Å². The summed E-state index contributed by atoms with van der Waals surface area (Å²) >= 11 is 6.52. The summed E-state index contributed by atoms with van der Waals surface area (Å²) in [6.45, 7) is 3.91. The molecule has 0 unspecified atom stereocenters. The molecule has 0 bridgehead atoms. The quantitative estimate of drug-likeness (QED) is 0.362. The fourth-order valence-electron chi connectivity index (χ4n) is 4.28. The predicted octanol–water partition coefficient (Wildman–Crippen LogP) is 5.20. The zero-order chi connectivity index (χ0) is 26.3. The van der Waals surface area contributed by atoms with Crippen LogP contribution in [0, 0.1) is 19.7 Å². The van der Waals surface area contributed by atoms with Gasteiger partial charge in [-0.15, -0.1) is 0 Å². The molecule has 0 radical (unpaired) electrons. The molecule has 0 aliphatic carbocycles. The number of aryl methyl sites for hydroxylation is 2. The van der Waals surface area contributed by atoms with E-state index in [1.165, 1.54) is 21.9 Å². The Kier molecular flexibility index (Phi) is 6.66. The van der Waals surface area contributed by atoms with E-state index in [1.807, 2.05) is 32.0 Å². The maximum Gasteiger partial charge on any atom is 0.267 e. The minimum atomic E-state index is -0.432. The smallest absolute Gasteiger partial charge is 0.267 e. The lowest BCUT2D eigenvalue weighted by Gasteiger charge is -2.17. The second-order valence-corrected chi connectivity index (χ2v) is 10.5. The number of thiocarbonyl (C=S) groups is 1. The molecule has 1 saturated heterocycles. The zero-order valence-electron chi connectivity index (χ0n) is 20.1. The van der Waals surface area contributed by atoms with Gasteiger partial charge in [-0.1, -0.05) is 60.4 Å². The number of carbonyl (C=O) groups excluding carboxylic acids is 3. The summed E-state index contributed by atoms with van der Waals surface area (Å²) in [6.07, 6.45) is 0. The Morgan fingerprint density at radius 3 is 2.41 bits per heavy atom. The molecule has 1 fully saturated rings. The maximum atomic E-state index is 13.6. The van der Waals surface area contributed by atoms with Crippen molar-refractivity contribution in [2.24, 2.45) is 0 Å². The summed E-state index contributed by atoms with van der Waals surface area (Å²) < 4.78 is 13.6. The van der Waals surface area contributed by atoms with Crippen LogP contribution in [-0.2, 0) is 20.9 Å². The highest BCUT2D eigenvalue weighted by molar-refractivity contribution is 8.26. The van der Waals surface area contributed by atoms with Gasteiger partial charge in [0.15, 0.2) is 0 Å². The molecule has 3 amide bonds. The Labute approximate surface area is 223 Å². The lowest BCUT2D eigenvalue weighted by atomic mass is 10.1. The van der Waals surface area contributed by atoms with Gasteiger partial charge in [0, 0.05) is 11.3 Å². The molecule has 0 saturated carbocycles. The molecule has 186 valence electrons. The van der Waals surface area contributed by atoms with Crippen molar-refractivity contribution in [3.05, 3.63) is 99.7 Å². The average molecular weight is 532 g/mol. The molecule has 37 heavy (non-hydrogen) atoms. The van der Waals surface area contributed by atoms with Crippen molar-refractivity contribution in [3.8, 4) is 0 Å². The summed E-state index contributed by atoms with van der Waals surface area (Å²) in [5.41, 5.74) is 4.89. The number of para-hydroxylation sites is 1. The van der Waals surface area contributed by atoms with Gasteiger partial charge in [0.05, 0.1) is 22.7 Å². The number of nitrogens with zero attached hydrogens (tertiary/aromatic N) is 2. The molecule has 0 atom stereocenters. The number of amides is 3. The van der Waals surface area contributed by atoms with Gasteiger partial charge in [0.1, 0.15) is 16.7 Å². The van der Waals surface area contributed by atoms with E-state index in [2.05, 4.69) is 5.32 Å². The molecule has 1 N–H and O–H groups in total. The maximum absolute atomic E-state index is 13.6. The van der Waals surface area contributed by atoms with Crippen LogP contribution >= 0.6 is 24.0 Å². The monoisotopic (exact) mass is 531 g/mol. The first-order valence-corrected chi connectivity index (χ1v) is 12.8. The Balaban J connectivity index is 1.42. The fraction of sp³-hybridized carbons (Fsp3) is 0.143. The first kappa shape index (κ1) is 24.9. The Morgan fingerprint density at radius 2 is 1.68 bits per heavy atom. The molecule has 2 heterocycles. The van der Waals surface area contributed by atoms with Gasteiger partial charge < -0.3 is 5.32 Å². The number of benzene rings is 3. The number of thioether (sulfide) groups is 1. The highest BCUT2D eigenvalue weighted by Crippen LogP contribution is 2.44. The minimum absolute atomic E-state index is 0.166. The van der Waals surface area contributed by atoms with Gasteiger partial charge in [-0.25, -0.2) is 4.39 Å². The number of halogens is 1. The zero-order valence-corrected chi connectivity index (χ0v) is 21.7. The largest absolute Gasteiger partial charge is 0.325 e. The first-order chi connectivity index (χ1) is 17.7. The van der Waals surface area contributed by atoms with Gasteiger partial charge in [-0.2, -0.15) is 0 Å². The van der Waals surface area contributed by atoms with E-state index in [0.29, 0.717) is 26.8 Å². The second kappa shape index (κ2) is 9.91. The lowest BCUT2D eigenvalue weighted by molar-refractivity contribution is -0.122. The van der Waals surface area contributed by atoms with Crippen LogP contribution in [0.4, 0.5) is 15.8 Å². The lowest BCUT2D eigenvalue weighted by Crippen LogP contribution is -2.35. The van der Waals surface area contributed by atoms with Gasteiger partial charge in [0.2, 0.25) is 5.91 Å². The van der Waals surface area contributed by atoms with Gasteiger partial charge in [0.25, 0.3) is 11.8 Å². The van der Waals surface area contributed by atoms with Crippen molar-refractivity contribution in [2.75, 3.05) is 16.8 Å². The van der Waals surface area contributed by atoms with Crippen LogP contribution in [-0.4, -0.2) is 33.5 Å². The number of nitrogens with one attached hydrogen (secondary N) is 1. The second-order valence-electron chi connectivity index (χ2n) is 8.85. The molecule has 5 rings (SSSR count). The van der Waals surface area contributed by atoms with Crippen LogP contribution < -0.4 is 10.2 Å². The highest BCUT2D eigenvalue weighted by atomic mass is 32.2. The van der Waals surface area contributed by atoms with Gasteiger partial charge >= 0.3 is 0 Å². The van der Waals surface area contributed by atoms with E-state index < -0.39 is 5.91 Å². The molecular weight excluding hydrogens is 509 g/mol. The molecular formula is C28H22FN3O3S2. The van der Waals surface area contributed by atoms with Crippen LogP contribution in [0.25, 0.3) is 5.57 Å². The third-order valence-corrected chi connectivity index (χ3v) is 7.79. The Bertz CT molecular complexity index is 1500. The normalized spacial score (nSPS) is 17.0. The number of hydrogen-bond donors (Lipinski definition) is 1. The van der Waals surface area contributed by atoms with Crippen LogP contribution in [0.3, 0.4) is 0 Å². The third kappa shape index (κ3) is 4.80. The standard InChI is InChI=1S/C28H22FN3O3S2/c1-16-7-12-20(13-17(16)2)30-23(33)15-31-22-6-4-3-5-21(22)24(26(31)34)25-27(35)32(28(36)37-25)14-18-8-10-19(29)11-9-18/h3-13H,14-15H2,1-2H3,(H,30,33). The van der Waals surface area contributed by atoms with Gasteiger partial charge in [-0.05, 0) is 60.9 Å². The SMILES string of the molecule is Cc1ccc(NC(=O)CN2C(=O)C(=C3SC(=S)N(Cc4ccc(F)cc4)C3=O)c3ccccc32)cc1C. The topological polar surface area (TPSA) is 69.7 Å². The number of carbonyl (C=O) groups is 3. The summed E-state index contributed by atoms with van der Waals surface area (Å²) in [5, 5.41) is 2.85. The average Bonchev–Trinajstić information content (AvgIpc) is 3.30. The van der Waals surface area contributed by atoms with Gasteiger partial charge in [-0.3, -0.25) is 24.2 Å². The molecule has 0 spiro atoms. The Hall–Kier alpha value is -3.82. The van der Waals surface area contributed by atoms with Crippen molar-refractivity contribution >= 4 is 63.0 Å². The highest BCUT2D eigenvalue weighted by Gasteiger charge is 2.42. The van der Waals surface area contributed by atoms with E-state index >= 15 is 0 Å². The van der Waals surface area contributed by atoms with Crippen LogP contribution in [0.2, 0.25) is 0 Å². The number of rotatable bonds is 5. The molecule has 9 heteroatoms. The molecule has 3 aromatic rings. The number of hydrogen-bond acceptors (Lipinski definition) is 5. The molecule has 3 aromatic carbocycles. The van der Waals surface area contributed by atoms with Crippen molar-refractivity contribution in [2.45, 2.75) is 20.4 Å². The predicted molar refractivity (Wildman–Crippen MR) is 147 cm³/mol. The Morgan fingerprint density at radius 1 is 0.946 bits per heavy atom. The van der Waals surface area contributed by atoms with Crippen molar-refractivity contribution in [1.82, 2.24) is 4.90 Å².